The van der Waals surface area contributed by atoms with E-state index in [-0.39, 0.29) is 11.4 Å². The van der Waals surface area contributed by atoms with E-state index >= 15 is 0 Å². The Morgan fingerprint density at radius 3 is 2.36 bits per heavy atom. The zero-order chi connectivity index (χ0) is 19.8. The molecule has 0 bridgehead atoms. The Labute approximate surface area is 163 Å². The number of rotatable bonds is 4. The lowest BCUT2D eigenvalue weighted by Crippen LogP contribution is -2.01. The van der Waals surface area contributed by atoms with E-state index in [0.717, 1.165) is 40.3 Å². The molecule has 0 fully saturated rings. The second kappa shape index (κ2) is 7.04. The first kappa shape index (κ1) is 18.1. The lowest BCUT2D eigenvalue weighted by Gasteiger charge is -2.17. The van der Waals surface area contributed by atoms with Crippen molar-refractivity contribution in [3.63, 3.8) is 0 Å². The number of nitrogens with one attached hydrogen (secondary N) is 1. The predicted molar refractivity (Wildman–Crippen MR) is 115 cm³/mol. The van der Waals surface area contributed by atoms with Gasteiger partial charge in [-0.25, -0.2) is 4.79 Å². The predicted octanol–water partition coefficient (Wildman–Crippen LogP) is 5.83. The number of phenolic OH excluding ortho intramolecular Hbond substituents is 1. The van der Waals surface area contributed by atoms with Gasteiger partial charge in [0.2, 0.25) is 0 Å². The highest BCUT2D eigenvalue weighted by Gasteiger charge is 2.13. The molecule has 0 aliphatic heterocycles. The van der Waals surface area contributed by atoms with Crippen molar-refractivity contribution in [3.05, 3.63) is 75.6 Å². The highest BCUT2D eigenvalue weighted by atomic mass is 16.4. The molecule has 4 nitrogen and oxygen atoms in total. The van der Waals surface area contributed by atoms with E-state index in [1.165, 1.54) is 17.2 Å². The van der Waals surface area contributed by atoms with Gasteiger partial charge in [-0.3, -0.25) is 0 Å². The fraction of sp³-hybridized carbons (Fsp3) is 0.208. The molecule has 0 saturated carbocycles. The Kier molecular flexibility index (Phi) is 4.55. The van der Waals surface area contributed by atoms with Crippen LogP contribution in [0.2, 0.25) is 0 Å². The van der Waals surface area contributed by atoms with Crippen molar-refractivity contribution in [2.24, 2.45) is 0 Å². The van der Waals surface area contributed by atoms with Gasteiger partial charge < -0.3 is 14.8 Å². The van der Waals surface area contributed by atoms with Crippen molar-refractivity contribution in [2.75, 3.05) is 5.32 Å². The largest absolute Gasteiger partial charge is 0.506 e. The van der Waals surface area contributed by atoms with Gasteiger partial charge in [-0.05, 0) is 54.0 Å². The van der Waals surface area contributed by atoms with Crippen LogP contribution >= 0.6 is 0 Å². The fourth-order valence-electron chi connectivity index (χ4n) is 3.78. The normalized spacial score (nSPS) is 11.2. The SMILES string of the molecule is CCc1cccc(CC)c1Nc1cc2ccc3c(C)cc(=O)oc3c2cc1O. The molecule has 4 heteroatoms. The van der Waals surface area contributed by atoms with Gasteiger partial charge >= 0.3 is 5.63 Å². The maximum atomic E-state index is 11.8. The van der Waals surface area contributed by atoms with E-state index in [4.69, 9.17) is 4.42 Å². The van der Waals surface area contributed by atoms with Crippen molar-refractivity contribution in [3.8, 4) is 5.75 Å². The van der Waals surface area contributed by atoms with Crippen LogP contribution in [0.25, 0.3) is 21.7 Å². The van der Waals surface area contributed by atoms with Gasteiger partial charge in [0, 0.05) is 22.5 Å². The molecule has 0 radical (unpaired) electrons. The number of hydrogen-bond donors (Lipinski definition) is 2. The van der Waals surface area contributed by atoms with Crippen molar-refractivity contribution < 1.29 is 9.52 Å². The summed E-state index contributed by atoms with van der Waals surface area (Å²) in [7, 11) is 0. The average Bonchev–Trinajstić information content (AvgIpc) is 2.68. The summed E-state index contributed by atoms with van der Waals surface area (Å²) in [5.41, 5.74) is 5.08. The van der Waals surface area contributed by atoms with Gasteiger partial charge in [-0.15, -0.1) is 0 Å². The summed E-state index contributed by atoms with van der Waals surface area (Å²) in [5.74, 6) is 0.122. The fourth-order valence-corrected chi connectivity index (χ4v) is 3.78. The average molecular weight is 373 g/mol. The smallest absolute Gasteiger partial charge is 0.336 e. The molecular formula is C24H23NO3. The molecule has 0 saturated heterocycles. The standard InChI is InChI=1S/C24H23NO3/c1-4-15-7-6-8-16(5-2)23(15)25-20-12-17-9-10-18-14(3)11-22(27)28-24(18)19(17)13-21(20)26/h6-13,25-26H,4-5H2,1-3H3. The van der Waals surface area contributed by atoms with Crippen LogP contribution in [0.3, 0.4) is 0 Å². The minimum Gasteiger partial charge on any atom is -0.506 e. The van der Waals surface area contributed by atoms with E-state index in [9.17, 15) is 9.90 Å². The summed E-state index contributed by atoms with van der Waals surface area (Å²) >= 11 is 0. The Morgan fingerprint density at radius 2 is 1.68 bits per heavy atom. The van der Waals surface area contributed by atoms with Crippen molar-refractivity contribution in [2.45, 2.75) is 33.6 Å². The topological polar surface area (TPSA) is 62.5 Å². The molecule has 0 aliphatic rings. The van der Waals surface area contributed by atoms with Crippen molar-refractivity contribution >= 4 is 33.1 Å². The van der Waals surface area contributed by atoms with Gasteiger partial charge in [0.15, 0.2) is 0 Å². The van der Waals surface area contributed by atoms with Crippen LogP contribution in [0.15, 0.2) is 57.7 Å². The van der Waals surface area contributed by atoms with E-state index in [1.807, 2.05) is 25.1 Å². The summed E-state index contributed by atoms with van der Waals surface area (Å²) < 4.78 is 5.45. The Balaban J connectivity index is 1.90. The van der Waals surface area contributed by atoms with Crippen molar-refractivity contribution in [1.29, 1.82) is 0 Å². The molecule has 4 rings (SSSR count). The van der Waals surface area contributed by atoms with Gasteiger partial charge in [0.1, 0.15) is 11.3 Å². The number of anilines is 2. The number of aromatic hydroxyl groups is 1. The summed E-state index contributed by atoms with van der Waals surface area (Å²) in [6.45, 7) is 6.13. The maximum absolute atomic E-state index is 11.8. The Hall–Kier alpha value is -3.27. The highest BCUT2D eigenvalue weighted by molar-refractivity contribution is 6.07. The Bertz CT molecular complexity index is 1230. The minimum atomic E-state index is -0.386. The monoisotopic (exact) mass is 373 g/mol. The molecule has 3 aromatic carbocycles. The van der Waals surface area contributed by atoms with Crippen LogP contribution in [0.5, 0.6) is 5.75 Å². The first-order valence-electron chi connectivity index (χ1n) is 9.59. The van der Waals surface area contributed by atoms with E-state index in [1.54, 1.807) is 6.07 Å². The minimum absolute atomic E-state index is 0.122. The summed E-state index contributed by atoms with van der Waals surface area (Å²) in [4.78, 5) is 11.8. The van der Waals surface area contributed by atoms with Gasteiger partial charge in [0.25, 0.3) is 0 Å². The Morgan fingerprint density at radius 1 is 0.964 bits per heavy atom. The third kappa shape index (κ3) is 3.01. The second-order valence-corrected chi connectivity index (χ2v) is 7.06. The maximum Gasteiger partial charge on any atom is 0.336 e. The zero-order valence-corrected chi connectivity index (χ0v) is 16.3. The second-order valence-electron chi connectivity index (χ2n) is 7.06. The number of phenols is 1. The summed E-state index contributed by atoms with van der Waals surface area (Å²) in [6.07, 6.45) is 1.80. The molecule has 2 N–H and O–H groups in total. The van der Waals surface area contributed by atoms with Gasteiger partial charge in [-0.2, -0.15) is 0 Å². The number of para-hydroxylation sites is 1. The van der Waals surface area contributed by atoms with Crippen molar-refractivity contribution in [1.82, 2.24) is 0 Å². The quantitative estimate of drug-likeness (QED) is 0.268. The van der Waals surface area contributed by atoms with Crippen LogP contribution in [0.4, 0.5) is 11.4 Å². The third-order valence-corrected chi connectivity index (χ3v) is 5.31. The van der Waals surface area contributed by atoms with E-state index in [2.05, 4.69) is 37.4 Å². The molecule has 28 heavy (non-hydrogen) atoms. The molecule has 0 unspecified atom stereocenters. The number of fused-ring (bicyclic) bond motifs is 3. The molecule has 0 spiro atoms. The highest BCUT2D eigenvalue weighted by Crippen LogP contribution is 2.37. The summed E-state index contributed by atoms with van der Waals surface area (Å²) in [6, 6.07) is 15.3. The lowest BCUT2D eigenvalue weighted by atomic mass is 10.0. The van der Waals surface area contributed by atoms with Crippen LogP contribution in [0, 0.1) is 6.92 Å². The molecule has 0 aliphatic carbocycles. The molecule has 1 heterocycles. The first-order chi connectivity index (χ1) is 13.5. The van der Waals surface area contributed by atoms with Crippen LogP contribution in [-0.4, -0.2) is 5.11 Å². The molecule has 142 valence electrons. The summed E-state index contributed by atoms with van der Waals surface area (Å²) in [5, 5.41) is 16.6. The zero-order valence-electron chi connectivity index (χ0n) is 16.3. The third-order valence-electron chi connectivity index (χ3n) is 5.31. The lowest BCUT2D eigenvalue weighted by molar-refractivity contribution is 0.478. The molecular weight excluding hydrogens is 350 g/mol. The molecule has 1 aromatic heterocycles. The molecule has 0 atom stereocenters. The van der Waals surface area contributed by atoms with Gasteiger partial charge in [-0.1, -0.05) is 44.2 Å². The van der Waals surface area contributed by atoms with Gasteiger partial charge in [0.05, 0.1) is 5.69 Å². The number of aryl methyl sites for hydroxylation is 3. The number of benzene rings is 3. The molecule has 0 amide bonds. The van der Waals surface area contributed by atoms with E-state index in [0.29, 0.717) is 11.3 Å². The molecule has 4 aromatic rings. The van der Waals surface area contributed by atoms with Crippen LogP contribution in [0.1, 0.15) is 30.5 Å². The van der Waals surface area contributed by atoms with E-state index < -0.39 is 0 Å². The van der Waals surface area contributed by atoms with Crippen LogP contribution in [-0.2, 0) is 12.8 Å². The first-order valence-corrected chi connectivity index (χ1v) is 9.59. The number of hydrogen-bond acceptors (Lipinski definition) is 4. The van der Waals surface area contributed by atoms with Crippen LogP contribution < -0.4 is 10.9 Å².